The van der Waals surface area contributed by atoms with Crippen molar-refractivity contribution in [3.63, 3.8) is 0 Å². The van der Waals surface area contributed by atoms with Crippen LogP contribution in [0.5, 0.6) is 0 Å². The van der Waals surface area contributed by atoms with Gasteiger partial charge >= 0.3 is 6.18 Å². The lowest BCUT2D eigenvalue weighted by Crippen LogP contribution is -2.11. The summed E-state index contributed by atoms with van der Waals surface area (Å²) in [4.78, 5) is 11.8. The van der Waals surface area contributed by atoms with Crippen LogP contribution in [-0.4, -0.2) is 5.78 Å². The molecule has 2 aromatic rings. The van der Waals surface area contributed by atoms with Gasteiger partial charge in [-0.3, -0.25) is 4.79 Å². The molecule has 0 unspecified atom stereocenters. The third-order valence-electron chi connectivity index (χ3n) is 2.51. The predicted octanol–water partition coefficient (Wildman–Crippen LogP) is 3.86. The highest BCUT2D eigenvalue weighted by molar-refractivity contribution is 5.97. The molecule has 1 aromatic carbocycles. The van der Waals surface area contributed by atoms with E-state index in [0.717, 1.165) is 6.07 Å². The summed E-state index contributed by atoms with van der Waals surface area (Å²) in [6.45, 7) is 0. The molecule has 0 saturated carbocycles. The normalized spacial score (nSPS) is 11.6. The molecule has 0 spiro atoms. The number of alkyl halides is 3. The molecule has 0 N–H and O–H groups in total. The number of halogens is 4. The van der Waals surface area contributed by atoms with E-state index in [9.17, 15) is 22.4 Å². The Labute approximate surface area is 105 Å². The van der Waals surface area contributed by atoms with Crippen LogP contribution in [0.25, 0.3) is 0 Å². The molecule has 1 aromatic heterocycles. The second kappa shape index (κ2) is 4.87. The molecule has 2 rings (SSSR count). The van der Waals surface area contributed by atoms with Crippen LogP contribution >= 0.6 is 0 Å². The van der Waals surface area contributed by atoms with Gasteiger partial charge in [0.1, 0.15) is 11.6 Å². The molecule has 100 valence electrons. The molecule has 0 fully saturated rings. The minimum Gasteiger partial charge on any atom is -0.469 e. The smallest absolute Gasteiger partial charge is 0.419 e. The van der Waals surface area contributed by atoms with E-state index in [4.69, 9.17) is 4.42 Å². The number of hydrogen-bond acceptors (Lipinski definition) is 2. The first-order valence-electron chi connectivity index (χ1n) is 5.30. The summed E-state index contributed by atoms with van der Waals surface area (Å²) in [5, 5.41) is 0. The first-order chi connectivity index (χ1) is 8.88. The van der Waals surface area contributed by atoms with Gasteiger partial charge in [-0.05, 0) is 30.3 Å². The van der Waals surface area contributed by atoms with Crippen molar-refractivity contribution in [2.24, 2.45) is 0 Å². The number of Topliss-reactive ketones (excluding diaryl/α,β-unsaturated/α-hetero) is 1. The number of benzene rings is 1. The Balaban J connectivity index is 2.28. The molecule has 2 nitrogen and oxygen atoms in total. The van der Waals surface area contributed by atoms with Crippen molar-refractivity contribution in [2.45, 2.75) is 12.6 Å². The lowest BCUT2D eigenvalue weighted by molar-refractivity contribution is -0.140. The van der Waals surface area contributed by atoms with Crippen LogP contribution in [0.2, 0.25) is 0 Å². The molecule has 0 aliphatic carbocycles. The topological polar surface area (TPSA) is 30.2 Å². The Hall–Kier alpha value is -2.11. The largest absolute Gasteiger partial charge is 0.469 e. The fourth-order valence-electron chi connectivity index (χ4n) is 1.59. The summed E-state index contributed by atoms with van der Waals surface area (Å²) in [7, 11) is 0. The van der Waals surface area contributed by atoms with Gasteiger partial charge in [-0.15, -0.1) is 0 Å². The molecule has 0 aliphatic rings. The monoisotopic (exact) mass is 272 g/mol. The maximum absolute atomic E-state index is 13.1. The molecule has 19 heavy (non-hydrogen) atoms. The van der Waals surface area contributed by atoms with Crippen molar-refractivity contribution in [2.75, 3.05) is 0 Å². The number of furan rings is 1. The lowest BCUT2D eigenvalue weighted by Gasteiger charge is -2.09. The molecule has 0 atom stereocenters. The lowest BCUT2D eigenvalue weighted by atomic mass is 10.0. The Morgan fingerprint density at radius 2 is 1.95 bits per heavy atom. The van der Waals surface area contributed by atoms with Gasteiger partial charge in [-0.2, -0.15) is 13.2 Å². The number of carbonyl (C=O) groups is 1. The van der Waals surface area contributed by atoms with Crippen LogP contribution in [0, 0.1) is 5.82 Å². The molecule has 0 amide bonds. The number of ketones is 1. The highest BCUT2D eigenvalue weighted by Gasteiger charge is 2.34. The second-order valence-corrected chi connectivity index (χ2v) is 3.87. The van der Waals surface area contributed by atoms with Gasteiger partial charge in [0.15, 0.2) is 5.78 Å². The third kappa shape index (κ3) is 3.01. The summed E-state index contributed by atoms with van der Waals surface area (Å²) < 4.78 is 55.5. The van der Waals surface area contributed by atoms with Crippen LogP contribution in [0.15, 0.2) is 41.0 Å². The van der Waals surface area contributed by atoms with Crippen molar-refractivity contribution < 1.29 is 26.8 Å². The molecular formula is C13H8F4O2. The van der Waals surface area contributed by atoms with Gasteiger partial charge in [-0.1, -0.05) is 0 Å². The summed E-state index contributed by atoms with van der Waals surface area (Å²) >= 11 is 0. The summed E-state index contributed by atoms with van der Waals surface area (Å²) in [6.07, 6.45) is -3.64. The number of rotatable bonds is 3. The van der Waals surface area contributed by atoms with Gasteiger partial charge in [0.25, 0.3) is 0 Å². The first kappa shape index (κ1) is 13.3. The van der Waals surface area contributed by atoms with Crippen LogP contribution < -0.4 is 0 Å². The van der Waals surface area contributed by atoms with E-state index in [-0.39, 0.29) is 12.0 Å². The highest BCUT2D eigenvalue weighted by atomic mass is 19.4. The summed E-state index contributed by atoms with van der Waals surface area (Å²) in [6, 6.07) is 5.27. The van der Waals surface area contributed by atoms with E-state index in [1.54, 1.807) is 6.07 Å². The van der Waals surface area contributed by atoms with E-state index < -0.39 is 23.3 Å². The Morgan fingerprint density at radius 3 is 2.53 bits per heavy atom. The molecule has 0 saturated heterocycles. The van der Waals surface area contributed by atoms with Crippen LogP contribution in [-0.2, 0) is 12.6 Å². The zero-order chi connectivity index (χ0) is 14.0. The third-order valence-corrected chi connectivity index (χ3v) is 2.51. The minimum absolute atomic E-state index is 0.171. The number of carbonyl (C=O) groups excluding carboxylic acids is 1. The van der Waals surface area contributed by atoms with E-state index in [1.165, 1.54) is 12.3 Å². The second-order valence-electron chi connectivity index (χ2n) is 3.87. The predicted molar refractivity (Wildman–Crippen MR) is 58.1 cm³/mol. The quantitative estimate of drug-likeness (QED) is 0.627. The van der Waals surface area contributed by atoms with E-state index in [2.05, 4.69) is 0 Å². The van der Waals surface area contributed by atoms with Crippen molar-refractivity contribution in [1.82, 2.24) is 0 Å². The Morgan fingerprint density at radius 1 is 1.21 bits per heavy atom. The summed E-state index contributed by atoms with van der Waals surface area (Å²) in [5.41, 5.74) is -1.65. The van der Waals surface area contributed by atoms with Crippen molar-refractivity contribution >= 4 is 5.78 Å². The Kier molecular flexibility index (Phi) is 3.42. The van der Waals surface area contributed by atoms with Crippen molar-refractivity contribution in [3.8, 4) is 0 Å². The fraction of sp³-hybridized carbons (Fsp3) is 0.154. The van der Waals surface area contributed by atoms with Crippen molar-refractivity contribution in [1.29, 1.82) is 0 Å². The van der Waals surface area contributed by atoms with E-state index >= 15 is 0 Å². The van der Waals surface area contributed by atoms with Gasteiger partial charge in [0.2, 0.25) is 0 Å². The maximum Gasteiger partial charge on any atom is 0.419 e. The highest BCUT2D eigenvalue weighted by Crippen LogP contribution is 2.32. The molecular weight excluding hydrogens is 264 g/mol. The van der Waals surface area contributed by atoms with E-state index in [0.29, 0.717) is 17.9 Å². The number of hydrogen-bond donors (Lipinski definition) is 0. The molecule has 6 heteroatoms. The standard InChI is InChI=1S/C13H8F4O2/c14-11-4-3-8(6-10(11)13(15,16)17)12(18)7-9-2-1-5-19-9/h1-6H,7H2. The Bertz CT molecular complexity index is 585. The van der Waals surface area contributed by atoms with Gasteiger partial charge < -0.3 is 4.42 Å². The average Bonchev–Trinajstić information content (AvgIpc) is 2.80. The zero-order valence-corrected chi connectivity index (χ0v) is 9.50. The SMILES string of the molecule is O=C(Cc1ccco1)c1ccc(F)c(C(F)(F)F)c1. The van der Waals surface area contributed by atoms with Crippen LogP contribution in [0.1, 0.15) is 21.7 Å². The fourth-order valence-corrected chi connectivity index (χ4v) is 1.59. The molecule has 0 bridgehead atoms. The van der Waals surface area contributed by atoms with Gasteiger partial charge in [-0.25, -0.2) is 4.39 Å². The minimum atomic E-state index is -4.83. The van der Waals surface area contributed by atoms with E-state index in [1.807, 2.05) is 0 Å². The van der Waals surface area contributed by atoms with Crippen LogP contribution in [0.3, 0.4) is 0 Å². The van der Waals surface area contributed by atoms with Gasteiger partial charge in [0.05, 0.1) is 18.2 Å². The van der Waals surface area contributed by atoms with Crippen LogP contribution in [0.4, 0.5) is 17.6 Å². The molecule has 1 heterocycles. The average molecular weight is 272 g/mol. The first-order valence-corrected chi connectivity index (χ1v) is 5.30. The summed E-state index contributed by atoms with van der Waals surface area (Å²) in [5.74, 6) is -1.63. The maximum atomic E-state index is 13.1. The zero-order valence-electron chi connectivity index (χ0n) is 9.50. The van der Waals surface area contributed by atoms with Crippen molar-refractivity contribution in [3.05, 3.63) is 59.3 Å². The van der Waals surface area contributed by atoms with Gasteiger partial charge in [0, 0.05) is 5.56 Å². The molecule has 0 aliphatic heterocycles. The molecule has 0 radical (unpaired) electrons.